The molecule has 1 aromatic rings. The molecule has 1 aromatic heterocycles. The first-order valence-electron chi connectivity index (χ1n) is 13.6. The molecule has 0 aliphatic heterocycles. The van der Waals surface area contributed by atoms with Gasteiger partial charge in [-0.15, -0.1) is 0 Å². The molecule has 0 saturated heterocycles. The molecule has 1 heterocycles. The summed E-state index contributed by atoms with van der Waals surface area (Å²) >= 11 is 0. The molecule has 0 aromatic carbocycles. The van der Waals surface area contributed by atoms with Crippen LogP contribution in [-0.2, 0) is 6.42 Å². The van der Waals surface area contributed by atoms with Gasteiger partial charge in [0.1, 0.15) is 6.10 Å². The Morgan fingerprint density at radius 1 is 0.781 bits per heavy atom. The van der Waals surface area contributed by atoms with Crippen LogP contribution in [0.1, 0.15) is 128 Å². The molecule has 0 unspecified atom stereocenters. The zero-order valence-electron chi connectivity index (χ0n) is 21.2. The highest BCUT2D eigenvalue weighted by Gasteiger charge is 2.22. The fraction of sp³-hybridized carbons (Fsp3) is 0.852. The minimum absolute atomic E-state index is 0.150. The van der Waals surface area contributed by atoms with E-state index in [-0.39, 0.29) is 11.9 Å². The Labute approximate surface area is 197 Å². The fourth-order valence-corrected chi connectivity index (χ4v) is 4.57. The molecule has 2 rings (SSSR count). The molecule has 5 heteroatoms. The van der Waals surface area contributed by atoms with Crippen molar-refractivity contribution in [3.63, 3.8) is 0 Å². The van der Waals surface area contributed by atoms with E-state index in [2.05, 4.69) is 16.9 Å². The van der Waals surface area contributed by atoms with Crippen molar-refractivity contribution in [1.82, 2.24) is 9.97 Å². The number of anilines is 1. The highest BCUT2D eigenvalue weighted by atomic mass is 16.5. The van der Waals surface area contributed by atoms with Gasteiger partial charge in [-0.2, -0.15) is 4.98 Å². The summed E-state index contributed by atoms with van der Waals surface area (Å²) in [5.41, 5.74) is 0.732. The molecule has 5 nitrogen and oxygen atoms in total. The van der Waals surface area contributed by atoms with Gasteiger partial charge in [-0.1, -0.05) is 90.4 Å². The predicted molar refractivity (Wildman–Crippen MR) is 135 cm³/mol. The molecule has 1 fully saturated rings. The van der Waals surface area contributed by atoms with Crippen LogP contribution in [-0.4, -0.2) is 35.3 Å². The molecule has 1 saturated carbocycles. The topological polar surface area (TPSA) is 58.5 Å². The average Bonchev–Trinajstić information content (AvgIpc) is 3.29. The standard InChI is InChI=1S/C27H49N3O2/c1-4-5-6-7-8-9-10-11-12-13-14-15-16-17-22-24-25(31)26(29-27(28-24)30(2)3)32-23-20-18-19-21-23/h23,31H,4-22H2,1-3H3. The molecule has 0 radical (unpaired) electrons. The van der Waals surface area contributed by atoms with Crippen LogP contribution in [0.15, 0.2) is 0 Å². The summed E-state index contributed by atoms with van der Waals surface area (Å²) in [4.78, 5) is 10.9. The fourth-order valence-electron chi connectivity index (χ4n) is 4.57. The van der Waals surface area contributed by atoms with Crippen LogP contribution in [0.5, 0.6) is 11.6 Å². The van der Waals surface area contributed by atoms with Crippen molar-refractivity contribution in [3.05, 3.63) is 5.69 Å². The Morgan fingerprint density at radius 3 is 1.78 bits per heavy atom. The molecular formula is C27H49N3O2. The predicted octanol–water partition coefficient (Wildman–Crippen LogP) is 7.59. The zero-order valence-corrected chi connectivity index (χ0v) is 21.2. The SMILES string of the molecule is CCCCCCCCCCCCCCCCc1nc(N(C)C)nc(OC2CCCC2)c1O. The molecule has 1 aliphatic rings. The van der Waals surface area contributed by atoms with Crippen LogP contribution in [0.4, 0.5) is 5.95 Å². The molecule has 1 aliphatic carbocycles. The summed E-state index contributed by atoms with van der Waals surface area (Å²) in [6.45, 7) is 2.28. The van der Waals surface area contributed by atoms with Gasteiger partial charge in [-0.25, -0.2) is 4.98 Å². The lowest BCUT2D eigenvalue weighted by Gasteiger charge is -2.18. The Balaban J connectivity index is 1.60. The van der Waals surface area contributed by atoms with Crippen LogP contribution in [0.3, 0.4) is 0 Å². The summed E-state index contributed by atoms with van der Waals surface area (Å²) in [5, 5.41) is 10.7. The van der Waals surface area contributed by atoms with Gasteiger partial charge in [0.2, 0.25) is 11.7 Å². The molecular weight excluding hydrogens is 398 g/mol. The second kappa shape index (κ2) is 16.1. The third kappa shape index (κ3) is 10.4. The largest absolute Gasteiger partial charge is 0.502 e. The number of aromatic nitrogens is 2. The summed E-state index contributed by atoms with van der Waals surface area (Å²) in [6, 6.07) is 0. The maximum Gasteiger partial charge on any atom is 0.262 e. The summed E-state index contributed by atoms with van der Waals surface area (Å²) in [6.07, 6.45) is 24.3. The number of nitrogens with zero attached hydrogens (tertiary/aromatic N) is 3. The highest BCUT2D eigenvalue weighted by Crippen LogP contribution is 2.33. The average molecular weight is 448 g/mol. The smallest absolute Gasteiger partial charge is 0.262 e. The van der Waals surface area contributed by atoms with Gasteiger partial charge in [-0.05, 0) is 38.5 Å². The van der Waals surface area contributed by atoms with Gasteiger partial charge in [0.25, 0.3) is 5.88 Å². The lowest BCUT2D eigenvalue weighted by molar-refractivity contribution is 0.192. The minimum atomic E-state index is 0.150. The van der Waals surface area contributed by atoms with Crippen LogP contribution >= 0.6 is 0 Å². The molecule has 0 amide bonds. The number of aryl methyl sites for hydroxylation is 1. The number of hydrogen-bond acceptors (Lipinski definition) is 5. The van der Waals surface area contributed by atoms with Gasteiger partial charge in [0.05, 0.1) is 5.69 Å². The van der Waals surface area contributed by atoms with E-state index in [1.165, 1.54) is 96.3 Å². The van der Waals surface area contributed by atoms with Crippen LogP contribution in [0.2, 0.25) is 0 Å². The number of aromatic hydroxyl groups is 1. The lowest BCUT2D eigenvalue weighted by Crippen LogP contribution is -2.17. The van der Waals surface area contributed by atoms with E-state index in [0.717, 1.165) is 31.4 Å². The Kier molecular flexibility index (Phi) is 13.5. The normalized spacial score (nSPS) is 14.2. The zero-order chi connectivity index (χ0) is 23.0. The molecule has 1 N–H and O–H groups in total. The first kappa shape index (κ1) is 26.7. The van der Waals surface area contributed by atoms with Gasteiger partial charge in [0.15, 0.2) is 0 Å². The molecule has 184 valence electrons. The van der Waals surface area contributed by atoms with Crippen molar-refractivity contribution < 1.29 is 9.84 Å². The van der Waals surface area contributed by atoms with E-state index in [1.54, 1.807) is 0 Å². The first-order chi connectivity index (χ1) is 15.6. The second-order valence-corrected chi connectivity index (χ2v) is 9.89. The van der Waals surface area contributed by atoms with E-state index in [9.17, 15) is 5.11 Å². The van der Waals surface area contributed by atoms with Gasteiger partial charge in [-0.3, -0.25) is 0 Å². The number of rotatable bonds is 18. The molecule has 0 spiro atoms. The van der Waals surface area contributed by atoms with Crippen molar-refractivity contribution >= 4 is 5.95 Å². The monoisotopic (exact) mass is 447 g/mol. The summed E-state index contributed by atoms with van der Waals surface area (Å²) in [7, 11) is 3.87. The maximum absolute atomic E-state index is 10.7. The third-order valence-corrected chi connectivity index (χ3v) is 6.66. The summed E-state index contributed by atoms with van der Waals surface area (Å²) in [5.74, 6) is 1.14. The second-order valence-electron chi connectivity index (χ2n) is 9.89. The molecule has 0 bridgehead atoms. The minimum Gasteiger partial charge on any atom is -0.502 e. The molecule has 32 heavy (non-hydrogen) atoms. The van der Waals surface area contributed by atoms with Crippen molar-refractivity contribution in [2.45, 2.75) is 135 Å². The van der Waals surface area contributed by atoms with E-state index in [4.69, 9.17) is 4.74 Å². The third-order valence-electron chi connectivity index (χ3n) is 6.66. The van der Waals surface area contributed by atoms with Crippen molar-refractivity contribution in [3.8, 4) is 11.6 Å². The molecule has 0 atom stereocenters. The Bertz CT molecular complexity index is 615. The van der Waals surface area contributed by atoms with E-state index in [1.807, 2.05) is 19.0 Å². The Hall–Kier alpha value is -1.52. The van der Waals surface area contributed by atoms with Crippen LogP contribution in [0, 0.1) is 0 Å². The quantitative estimate of drug-likeness (QED) is 0.235. The van der Waals surface area contributed by atoms with Gasteiger partial charge < -0.3 is 14.7 Å². The summed E-state index contributed by atoms with van der Waals surface area (Å²) < 4.78 is 6.03. The number of ether oxygens (including phenoxy) is 1. The number of unbranched alkanes of at least 4 members (excludes halogenated alkanes) is 13. The Morgan fingerprint density at radius 2 is 1.28 bits per heavy atom. The van der Waals surface area contributed by atoms with Gasteiger partial charge >= 0.3 is 0 Å². The van der Waals surface area contributed by atoms with Crippen molar-refractivity contribution in [2.24, 2.45) is 0 Å². The van der Waals surface area contributed by atoms with Crippen LogP contribution < -0.4 is 9.64 Å². The first-order valence-corrected chi connectivity index (χ1v) is 13.6. The van der Waals surface area contributed by atoms with Crippen molar-refractivity contribution in [2.75, 3.05) is 19.0 Å². The van der Waals surface area contributed by atoms with E-state index >= 15 is 0 Å². The maximum atomic E-state index is 10.7. The highest BCUT2D eigenvalue weighted by molar-refractivity contribution is 5.43. The van der Waals surface area contributed by atoms with E-state index in [0.29, 0.717) is 11.8 Å². The van der Waals surface area contributed by atoms with Crippen LogP contribution in [0.25, 0.3) is 0 Å². The lowest BCUT2D eigenvalue weighted by atomic mass is 10.0. The van der Waals surface area contributed by atoms with Gasteiger partial charge in [0, 0.05) is 14.1 Å². The van der Waals surface area contributed by atoms with Crippen molar-refractivity contribution in [1.29, 1.82) is 0 Å². The number of hydrogen-bond donors (Lipinski definition) is 1. The van der Waals surface area contributed by atoms with E-state index < -0.39 is 0 Å².